The number of likely N-dealkylation sites (N-methyl/N-ethyl adjacent to an activating group) is 1. The largest absolute Gasteiger partial charge is 0.338 e. The van der Waals surface area contributed by atoms with E-state index in [0.29, 0.717) is 11.5 Å². The molecular formula is C18H23N5O. The van der Waals surface area contributed by atoms with E-state index in [9.17, 15) is 4.79 Å². The Bertz CT molecular complexity index is 721. The Morgan fingerprint density at radius 1 is 1.08 bits per heavy atom. The van der Waals surface area contributed by atoms with E-state index in [1.54, 1.807) is 12.4 Å². The van der Waals surface area contributed by atoms with Crippen LogP contribution in [0.15, 0.2) is 30.6 Å². The van der Waals surface area contributed by atoms with Gasteiger partial charge in [-0.25, -0.2) is 9.97 Å². The van der Waals surface area contributed by atoms with Gasteiger partial charge in [0.2, 0.25) is 5.95 Å². The SMILES string of the molecule is Cc1ccc(C)c(NC(=O)c2cnc(N3CCN(C)CC3)nc2)c1. The van der Waals surface area contributed by atoms with Crippen LogP contribution < -0.4 is 10.2 Å². The minimum atomic E-state index is -0.186. The maximum absolute atomic E-state index is 12.4. The number of nitrogens with zero attached hydrogens (tertiary/aromatic N) is 4. The van der Waals surface area contributed by atoms with E-state index < -0.39 is 0 Å². The number of carbonyl (C=O) groups is 1. The summed E-state index contributed by atoms with van der Waals surface area (Å²) in [7, 11) is 2.11. The molecule has 2 aromatic rings. The summed E-state index contributed by atoms with van der Waals surface area (Å²) in [6.07, 6.45) is 3.20. The summed E-state index contributed by atoms with van der Waals surface area (Å²) in [5, 5.41) is 2.93. The first-order valence-corrected chi connectivity index (χ1v) is 8.17. The molecule has 0 saturated carbocycles. The van der Waals surface area contributed by atoms with E-state index in [2.05, 4.69) is 32.1 Å². The number of carbonyl (C=O) groups excluding carboxylic acids is 1. The number of hydrogen-bond donors (Lipinski definition) is 1. The Morgan fingerprint density at radius 3 is 2.42 bits per heavy atom. The molecule has 1 aromatic heterocycles. The standard InChI is InChI=1S/C18H23N5O/c1-13-4-5-14(2)16(10-13)21-17(24)15-11-19-18(20-12-15)23-8-6-22(3)7-9-23/h4-5,10-12H,6-9H2,1-3H3,(H,21,24). The fourth-order valence-corrected chi connectivity index (χ4v) is 2.67. The Kier molecular flexibility index (Phi) is 4.76. The van der Waals surface area contributed by atoms with Crippen LogP contribution in [0, 0.1) is 13.8 Å². The average molecular weight is 325 g/mol. The van der Waals surface area contributed by atoms with Crippen molar-refractivity contribution in [2.75, 3.05) is 43.4 Å². The number of anilines is 2. The van der Waals surface area contributed by atoms with Crippen molar-refractivity contribution >= 4 is 17.5 Å². The highest BCUT2D eigenvalue weighted by atomic mass is 16.1. The molecule has 0 bridgehead atoms. The molecule has 1 amide bonds. The number of aromatic nitrogens is 2. The molecular weight excluding hydrogens is 302 g/mol. The van der Waals surface area contributed by atoms with Gasteiger partial charge >= 0.3 is 0 Å². The number of benzene rings is 1. The molecule has 3 rings (SSSR count). The number of rotatable bonds is 3. The van der Waals surface area contributed by atoms with Crippen LogP contribution >= 0.6 is 0 Å². The van der Waals surface area contributed by atoms with E-state index in [0.717, 1.165) is 43.0 Å². The highest BCUT2D eigenvalue weighted by Crippen LogP contribution is 2.17. The van der Waals surface area contributed by atoms with Crippen LogP contribution in [0.2, 0.25) is 0 Å². The highest BCUT2D eigenvalue weighted by Gasteiger charge is 2.17. The smallest absolute Gasteiger partial charge is 0.258 e. The lowest BCUT2D eigenvalue weighted by molar-refractivity contribution is 0.102. The van der Waals surface area contributed by atoms with E-state index in [1.165, 1.54) is 0 Å². The minimum Gasteiger partial charge on any atom is -0.338 e. The van der Waals surface area contributed by atoms with Gasteiger partial charge in [-0.2, -0.15) is 0 Å². The molecule has 0 radical (unpaired) electrons. The van der Waals surface area contributed by atoms with Crippen LogP contribution in [0.25, 0.3) is 0 Å². The van der Waals surface area contributed by atoms with Gasteiger partial charge in [-0.3, -0.25) is 4.79 Å². The van der Waals surface area contributed by atoms with Gasteiger partial charge in [0, 0.05) is 44.3 Å². The third-order valence-electron chi connectivity index (χ3n) is 4.33. The maximum atomic E-state index is 12.4. The van der Waals surface area contributed by atoms with Gasteiger partial charge in [-0.05, 0) is 38.1 Å². The van der Waals surface area contributed by atoms with E-state index in [4.69, 9.17) is 0 Å². The van der Waals surface area contributed by atoms with Gasteiger partial charge in [-0.1, -0.05) is 12.1 Å². The van der Waals surface area contributed by atoms with Crippen LogP contribution in [0.3, 0.4) is 0 Å². The first-order chi connectivity index (χ1) is 11.5. The first-order valence-electron chi connectivity index (χ1n) is 8.17. The Labute approximate surface area is 142 Å². The molecule has 0 unspecified atom stereocenters. The summed E-state index contributed by atoms with van der Waals surface area (Å²) in [6, 6.07) is 5.99. The van der Waals surface area contributed by atoms with Crippen molar-refractivity contribution in [3.05, 3.63) is 47.3 Å². The second-order valence-electron chi connectivity index (χ2n) is 6.33. The van der Waals surface area contributed by atoms with Crippen LogP contribution in [0.4, 0.5) is 11.6 Å². The number of hydrogen-bond acceptors (Lipinski definition) is 5. The molecule has 1 N–H and O–H groups in total. The lowest BCUT2D eigenvalue weighted by Crippen LogP contribution is -2.45. The second-order valence-corrected chi connectivity index (χ2v) is 6.33. The van der Waals surface area contributed by atoms with Crippen molar-refractivity contribution in [3.63, 3.8) is 0 Å². The number of amides is 1. The van der Waals surface area contributed by atoms with Crippen molar-refractivity contribution in [2.24, 2.45) is 0 Å². The Morgan fingerprint density at radius 2 is 1.75 bits per heavy atom. The third-order valence-corrected chi connectivity index (χ3v) is 4.33. The van der Waals surface area contributed by atoms with Crippen molar-refractivity contribution in [2.45, 2.75) is 13.8 Å². The van der Waals surface area contributed by atoms with Crippen molar-refractivity contribution < 1.29 is 4.79 Å². The second kappa shape index (κ2) is 6.97. The highest BCUT2D eigenvalue weighted by molar-refractivity contribution is 6.04. The third kappa shape index (κ3) is 3.71. The zero-order chi connectivity index (χ0) is 17.1. The molecule has 126 valence electrons. The fourth-order valence-electron chi connectivity index (χ4n) is 2.67. The quantitative estimate of drug-likeness (QED) is 0.936. The predicted octanol–water partition coefficient (Wildman–Crippen LogP) is 2.10. The summed E-state index contributed by atoms with van der Waals surface area (Å²) in [4.78, 5) is 25.6. The molecule has 0 aliphatic carbocycles. The molecule has 6 heteroatoms. The summed E-state index contributed by atoms with van der Waals surface area (Å²) in [6.45, 7) is 7.79. The topological polar surface area (TPSA) is 61.4 Å². The lowest BCUT2D eigenvalue weighted by atomic mass is 10.1. The maximum Gasteiger partial charge on any atom is 0.258 e. The summed E-state index contributed by atoms with van der Waals surface area (Å²) in [5.41, 5.74) is 3.43. The van der Waals surface area contributed by atoms with Crippen LogP contribution in [-0.2, 0) is 0 Å². The van der Waals surface area contributed by atoms with E-state index in [-0.39, 0.29) is 5.91 Å². The van der Waals surface area contributed by atoms with Gasteiger partial charge in [-0.15, -0.1) is 0 Å². The van der Waals surface area contributed by atoms with Gasteiger partial charge < -0.3 is 15.1 Å². The predicted molar refractivity (Wildman–Crippen MR) is 95.6 cm³/mol. The molecule has 0 spiro atoms. The van der Waals surface area contributed by atoms with Crippen LogP contribution in [0.1, 0.15) is 21.5 Å². The molecule has 2 heterocycles. The number of aryl methyl sites for hydroxylation is 2. The van der Waals surface area contributed by atoms with Crippen molar-refractivity contribution in [1.29, 1.82) is 0 Å². The van der Waals surface area contributed by atoms with Gasteiger partial charge in [0.25, 0.3) is 5.91 Å². The first kappa shape index (κ1) is 16.4. The Balaban J connectivity index is 1.68. The Hall–Kier alpha value is -2.47. The molecule has 24 heavy (non-hydrogen) atoms. The normalized spacial score (nSPS) is 15.4. The molecule has 0 atom stereocenters. The van der Waals surface area contributed by atoms with E-state index in [1.807, 2.05) is 32.0 Å². The molecule has 6 nitrogen and oxygen atoms in total. The molecule has 1 fully saturated rings. The van der Waals surface area contributed by atoms with Gasteiger partial charge in [0.1, 0.15) is 0 Å². The van der Waals surface area contributed by atoms with Crippen molar-refractivity contribution in [3.8, 4) is 0 Å². The van der Waals surface area contributed by atoms with Crippen molar-refractivity contribution in [1.82, 2.24) is 14.9 Å². The number of piperazine rings is 1. The molecule has 1 saturated heterocycles. The fraction of sp³-hybridized carbons (Fsp3) is 0.389. The van der Waals surface area contributed by atoms with Crippen LogP contribution in [-0.4, -0.2) is 54.0 Å². The molecule has 1 aromatic carbocycles. The minimum absolute atomic E-state index is 0.186. The molecule has 1 aliphatic rings. The van der Waals surface area contributed by atoms with Gasteiger partial charge in [0.05, 0.1) is 5.56 Å². The lowest BCUT2D eigenvalue weighted by Gasteiger charge is -2.32. The zero-order valence-electron chi connectivity index (χ0n) is 14.4. The number of nitrogens with one attached hydrogen (secondary N) is 1. The summed E-state index contributed by atoms with van der Waals surface area (Å²) >= 11 is 0. The monoisotopic (exact) mass is 325 g/mol. The van der Waals surface area contributed by atoms with Crippen LogP contribution in [0.5, 0.6) is 0 Å². The zero-order valence-corrected chi connectivity index (χ0v) is 14.4. The van der Waals surface area contributed by atoms with Gasteiger partial charge in [0.15, 0.2) is 0 Å². The summed E-state index contributed by atoms with van der Waals surface area (Å²) < 4.78 is 0. The van der Waals surface area contributed by atoms with E-state index >= 15 is 0 Å². The summed E-state index contributed by atoms with van der Waals surface area (Å²) in [5.74, 6) is 0.500. The molecule has 1 aliphatic heterocycles. The average Bonchev–Trinajstić information content (AvgIpc) is 2.59.